The maximum atomic E-state index is 12.8. The summed E-state index contributed by atoms with van der Waals surface area (Å²) in [5, 5.41) is 0. The van der Waals surface area contributed by atoms with Crippen molar-refractivity contribution < 1.29 is 9.53 Å². The number of hydrogen-bond acceptors (Lipinski definition) is 2. The summed E-state index contributed by atoms with van der Waals surface area (Å²) >= 11 is 0. The zero-order chi connectivity index (χ0) is 14.2. The lowest BCUT2D eigenvalue weighted by molar-refractivity contribution is 0.0460. The summed E-state index contributed by atoms with van der Waals surface area (Å²) in [4.78, 5) is 12.8. The van der Waals surface area contributed by atoms with E-state index in [-0.39, 0.29) is 11.7 Å². The SMILES string of the molecule is Cc1c(C)c(C)c(C(=O)C2CCCOC2)c(C)c1C. The smallest absolute Gasteiger partial charge is 0.168 e. The van der Waals surface area contributed by atoms with E-state index in [0.717, 1.165) is 36.1 Å². The summed E-state index contributed by atoms with van der Waals surface area (Å²) in [5.74, 6) is 0.327. The lowest BCUT2D eigenvalue weighted by Gasteiger charge is -2.24. The van der Waals surface area contributed by atoms with E-state index < -0.39 is 0 Å². The van der Waals surface area contributed by atoms with Gasteiger partial charge in [-0.25, -0.2) is 0 Å². The van der Waals surface area contributed by atoms with Crippen LogP contribution in [0.2, 0.25) is 0 Å². The predicted octanol–water partition coefficient (Wildman–Crippen LogP) is 3.84. The molecule has 0 saturated carbocycles. The molecule has 0 aliphatic carbocycles. The highest BCUT2D eigenvalue weighted by Crippen LogP contribution is 2.29. The first-order valence-corrected chi connectivity index (χ1v) is 7.14. The van der Waals surface area contributed by atoms with Gasteiger partial charge in [0.25, 0.3) is 0 Å². The summed E-state index contributed by atoms with van der Waals surface area (Å²) in [6.07, 6.45) is 1.96. The van der Waals surface area contributed by atoms with Gasteiger partial charge in [-0.05, 0) is 75.3 Å². The Hall–Kier alpha value is -1.15. The third-order valence-corrected chi connectivity index (χ3v) is 4.78. The molecule has 2 heteroatoms. The molecule has 1 heterocycles. The molecule has 0 amide bonds. The summed E-state index contributed by atoms with van der Waals surface area (Å²) < 4.78 is 5.47. The Morgan fingerprint density at radius 1 is 0.947 bits per heavy atom. The van der Waals surface area contributed by atoms with E-state index in [9.17, 15) is 4.79 Å². The zero-order valence-electron chi connectivity index (χ0n) is 12.7. The van der Waals surface area contributed by atoms with Gasteiger partial charge in [-0.1, -0.05) is 0 Å². The molecule has 0 aromatic heterocycles. The third kappa shape index (κ3) is 2.46. The second-order valence-corrected chi connectivity index (χ2v) is 5.78. The van der Waals surface area contributed by atoms with Crippen LogP contribution >= 0.6 is 0 Å². The first kappa shape index (κ1) is 14.3. The predicted molar refractivity (Wildman–Crippen MR) is 78.0 cm³/mol. The molecule has 0 spiro atoms. The standard InChI is InChI=1S/C17H24O2/c1-10-11(2)13(4)16(14(5)12(10)3)17(18)15-7-6-8-19-9-15/h15H,6-9H2,1-5H3. The van der Waals surface area contributed by atoms with Gasteiger partial charge in [-0.15, -0.1) is 0 Å². The highest BCUT2D eigenvalue weighted by Gasteiger charge is 2.27. The van der Waals surface area contributed by atoms with Crippen molar-refractivity contribution in [3.05, 3.63) is 33.4 Å². The van der Waals surface area contributed by atoms with Gasteiger partial charge in [-0.2, -0.15) is 0 Å². The molecule has 2 nitrogen and oxygen atoms in total. The van der Waals surface area contributed by atoms with E-state index in [1.807, 2.05) is 0 Å². The van der Waals surface area contributed by atoms with Crippen LogP contribution in [0.25, 0.3) is 0 Å². The Bertz CT molecular complexity index is 479. The van der Waals surface area contributed by atoms with E-state index in [4.69, 9.17) is 4.74 Å². The van der Waals surface area contributed by atoms with Crippen LogP contribution in [-0.4, -0.2) is 19.0 Å². The van der Waals surface area contributed by atoms with Gasteiger partial charge in [0.05, 0.1) is 6.61 Å². The average molecular weight is 260 g/mol. The normalized spacial score (nSPS) is 19.5. The molecule has 1 aromatic rings. The number of hydrogen-bond donors (Lipinski definition) is 0. The number of ketones is 1. The van der Waals surface area contributed by atoms with E-state index in [2.05, 4.69) is 34.6 Å². The topological polar surface area (TPSA) is 26.3 Å². The quantitative estimate of drug-likeness (QED) is 0.755. The van der Waals surface area contributed by atoms with Crippen molar-refractivity contribution in [2.24, 2.45) is 5.92 Å². The maximum Gasteiger partial charge on any atom is 0.168 e. The van der Waals surface area contributed by atoms with Gasteiger partial charge >= 0.3 is 0 Å². The molecule has 104 valence electrons. The van der Waals surface area contributed by atoms with Gasteiger partial charge < -0.3 is 4.74 Å². The van der Waals surface area contributed by atoms with Crippen LogP contribution in [0, 0.1) is 40.5 Å². The summed E-state index contributed by atoms with van der Waals surface area (Å²) in [5.41, 5.74) is 7.06. The van der Waals surface area contributed by atoms with E-state index in [0.29, 0.717) is 6.61 Å². The molecule has 19 heavy (non-hydrogen) atoms. The Balaban J connectivity index is 2.47. The Labute approximate surface area is 116 Å². The number of rotatable bonds is 2. The molecule has 1 aliphatic heterocycles. The fourth-order valence-electron chi connectivity index (χ4n) is 3.02. The van der Waals surface area contributed by atoms with Gasteiger partial charge in [0.15, 0.2) is 5.78 Å². The van der Waals surface area contributed by atoms with Gasteiger partial charge in [0, 0.05) is 18.1 Å². The number of ether oxygens (including phenoxy) is 1. The van der Waals surface area contributed by atoms with Crippen molar-refractivity contribution in [3.8, 4) is 0 Å². The zero-order valence-corrected chi connectivity index (χ0v) is 12.7. The van der Waals surface area contributed by atoms with Crippen molar-refractivity contribution in [1.29, 1.82) is 0 Å². The third-order valence-electron chi connectivity index (χ3n) is 4.78. The van der Waals surface area contributed by atoms with Crippen LogP contribution in [0.15, 0.2) is 0 Å². The molecule has 0 N–H and O–H groups in total. The molecule has 1 saturated heterocycles. The van der Waals surface area contributed by atoms with Crippen molar-refractivity contribution in [2.75, 3.05) is 13.2 Å². The molecular formula is C17H24O2. The molecule has 2 rings (SSSR count). The first-order chi connectivity index (χ1) is 8.95. The molecule has 1 fully saturated rings. The molecule has 1 aliphatic rings. The Morgan fingerprint density at radius 3 is 1.95 bits per heavy atom. The second-order valence-electron chi connectivity index (χ2n) is 5.78. The molecule has 1 aromatic carbocycles. The Kier molecular flexibility index (Phi) is 4.10. The fraction of sp³-hybridized carbons (Fsp3) is 0.588. The van der Waals surface area contributed by atoms with Crippen LogP contribution in [0.4, 0.5) is 0 Å². The van der Waals surface area contributed by atoms with Crippen LogP contribution in [-0.2, 0) is 4.74 Å². The fourth-order valence-corrected chi connectivity index (χ4v) is 3.02. The summed E-state index contributed by atoms with van der Waals surface area (Å²) in [6, 6.07) is 0. The number of carbonyl (C=O) groups is 1. The Morgan fingerprint density at radius 2 is 1.47 bits per heavy atom. The van der Waals surface area contributed by atoms with Crippen LogP contribution in [0.1, 0.15) is 51.0 Å². The lowest BCUT2D eigenvalue weighted by Crippen LogP contribution is -2.27. The monoisotopic (exact) mass is 260 g/mol. The molecule has 1 atom stereocenters. The number of Topliss-reactive ketones (excluding diaryl/α,β-unsaturated/α-hetero) is 1. The summed E-state index contributed by atoms with van der Waals surface area (Å²) in [6.45, 7) is 11.9. The van der Waals surface area contributed by atoms with Gasteiger partial charge in [0.2, 0.25) is 0 Å². The van der Waals surface area contributed by atoms with Gasteiger partial charge in [0.1, 0.15) is 0 Å². The first-order valence-electron chi connectivity index (χ1n) is 7.14. The molecule has 0 radical (unpaired) electrons. The molecule has 1 unspecified atom stereocenters. The highest BCUT2D eigenvalue weighted by molar-refractivity contribution is 6.01. The van der Waals surface area contributed by atoms with Crippen molar-refractivity contribution in [3.63, 3.8) is 0 Å². The van der Waals surface area contributed by atoms with Crippen molar-refractivity contribution in [1.82, 2.24) is 0 Å². The van der Waals surface area contributed by atoms with E-state index in [1.165, 1.54) is 16.7 Å². The van der Waals surface area contributed by atoms with Crippen LogP contribution < -0.4 is 0 Å². The summed E-state index contributed by atoms with van der Waals surface area (Å²) in [7, 11) is 0. The van der Waals surface area contributed by atoms with Crippen LogP contribution in [0.3, 0.4) is 0 Å². The van der Waals surface area contributed by atoms with E-state index in [1.54, 1.807) is 0 Å². The van der Waals surface area contributed by atoms with Crippen molar-refractivity contribution >= 4 is 5.78 Å². The number of carbonyl (C=O) groups excluding carboxylic acids is 1. The molecule has 0 bridgehead atoms. The minimum absolute atomic E-state index is 0.0488. The van der Waals surface area contributed by atoms with Crippen molar-refractivity contribution in [2.45, 2.75) is 47.5 Å². The molecular weight excluding hydrogens is 236 g/mol. The minimum Gasteiger partial charge on any atom is -0.381 e. The average Bonchev–Trinajstić information content (AvgIpc) is 2.44. The second kappa shape index (κ2) is 5.46. The minimum atomic E-state index is 0.0488. The number of benzene rings is 1. The lowest BCUT2D eigenvalue weighted by atomic mass is 9.83. The van der Waals surface area contributed by atoms with Crippen LogP contribution in [0.5, 0.6) is 0 Å². The maximum absolute atomic E-state index is 12.8. The van der Waals surface area contributed by atoms with E-state index >= 15 is 0 Å². The largest absolute Gasteiger partial charge is 0.381 e. The highest BCUT2D eigenvalue weighted by atomic mass is 16.5. The van der Waals surface area contributed by atoms with Gasteiger partial charge in [-0.3, -0.25) is 4.79 Å².